The molecule has 1 aliphatic carbocycles. The Balaban J connectivity index is 0.00000121. The van der Waals surface area contributed by atoms with Gasteiger partial charge in [0.05, 0.1) is 7.11 Å². The van der Waals surface area contributed by atoms with Crippen LogP contribution in [-0.2, 0) is 0 Å². The lowest BCUT2D eigenvalue weighted by Gasteiger charge is -2.43. The van der Waals surface area contributed by atoms with Gasteiger partial charge in [-0.1, -0.05) is 12.5 Å². The SMILES string of the molecule is COc1cc([C@@H](C2CCC2)N2CCNCC2)ccc1O.Cl.Cl. The fourth-order valence-electron chi connectivity index (χ4n) is 3.38. The van der Waals surface area contributed by atoms with Gasteiger partial charge in [0.1, 0.15) is 0 Å². The van der Waals surface area contributed by atoms with Crippen LogP contribution >= 0.6 is 24.8 Å². The molecular formula is C16H26Cl2N2O2. The van der Waals surface area contributed by atoms with Gasteiger partial charge in [-0.05, 0) is 36.5 Å². The largest absolute Gasteiger partial charge is 0.504 e. The summed E-state index contributed by atoms with van der Waals surface area (Å²) < 4.78 is 5.27. The lowest BCUT2D eigenvalue weighted by atomic mass is 9.76. The quantitative estimate of drug-likeness (QED) is 0.877. The first-order valence-electron chi connectivity index (χ1n) is 7.61. The van der Waals surface area contributed by atoms with Crippen molar-refractivity contribution in [2.75, 3.05) is 33.3 Å². The Morgan fingerprint density at radius 1 is 1.23 bits per heavy atom. The third kappa shape index (κ3) is 3.99. The Morgan fingerprint density at radius 2 is 1.91 bits per heavy atom. The van der Waals surface area contributed by atoms with Gasteiger partial charge in [-0.15, -0.1) is 24.8 Å². The smallest absolute Gasteiger partial charge is 0.160 e. The topological polar surface area (TPSA) is 44.7 Å². The highest BCUT2D eigenvalue weighted by atomic mass is 35.5. The fraction of sp³-hybridized carbons (Fsp3) is 0.625. The maximum absolute atomic E-state index is 9.79. The number of phenolic OH excluding ortho intramolecular Hbond substituents is 1. The molecule has 0 unspecified atom stereocenters. The Kier molecular flexibility index (Phi) is 7.77. The molecule has 0 amide bonds. The molecule has 1 heterocycles. The molecule has 0 bridgehead atoms. The van der Waals surface area contributed by atoms with E-state index in [4.69, 9.17) is 4.74 Å². The molecule has 1 aromatic carbocycles. The molecular weight excluding hydrogens is 323 g/mol. The minimum atomic E-state index is 0. The van der Waals surface area contributed by atoms with Gasteiger partial charge in [-0.3, -0.25) is 4.90 Å². The first-order chi connectivity index (χ1) is 9.79. The molecule has 1 atom stereocenters. The van der Waals surface area contributed by atoms with Gasteiger partial charge in [0.25, 0.3) is 0 Å². The minimum Gasteiger partial charge on any atom is -0.504 e. The summed E-state index contributed by atoms with van der Waals surface area (Å²) in [6, 6.07) is 6.31. The van der Waals surface area contributed by atoms with Crippen LogP contribution in [0, 0.1) is 5.92 Å². The number of aromatic hydroxyl groups is 1. The number of piperazine rings is 1. The van der Waals surface area contributed by atoms with Gasteiger partial charge in [-0.25, -0.2) is 0 Å². The van der Waals surface area contributed by atoms with Crippen LogP contribution in [0.1, 0.15) is 30.9 Å². The van der Waals surface area contributed by atoms with E-state index < -0.39 is 0 Å². The molecule has 1 aromatic rings. The van der Waals surface area contributed by atoms with Gasteiger partial charge in [0.2, 0.25) is 0 Å². The summed E-state index contributed by atoms with van der Waals surface area (Å²) in [6.07, 6.45) is 3.98. The molecule has 2 aliphatic rings. The fourth-order valence-corrected chi connectivity index (χ4v) is 3.38. The summed E-state index contributed by atoms with van der Waals surface area (Å²) >= 11 is 0. The number of ether oxygens (including phenoxy) is 1. The molecule has 3 rings (SSSR count). The van der Waals surface area contributed by atoms with E-state index in [1.807, 2.05) is 6.07 Å². The van der Waals surface area contributed by atoms with Crippen LogP contribution in [-0.4, -0.2) is 43.3 Å². The normalized spacial score (nSPS) is 20.2. The van der Waals surface area contributed by atoms with E-state index in [1.54, 1.807) is 13.2 Å². The Hall–Kier alpha value is -0.680. The molecule has 2 fully saturated rings. The maximum atomic E-state index is 9.79. The second-order valence-electron chi connectivity index (χ2n) is 5.85. The van der Waals surface area contributed by atoms with Crippen molar-refractivity contribution >= 4 is 24.8 Å². The number of methoxy groups -OCH3 is 1. The molecule has 1 aliphatic heterocycles. The maximum Gasteiger partial charge on any atom is 0.160 e. The lowest BCUT2D eigenvalue weighted by molar-refractivity contribution is 0.0835. The van der Waals surface area contributed by atoms with E-state index in [0.29, 0.717) is 11.8 Å². The van der Waals surface area contributed by atoms with Crippen molar-refractivity contribution in [2.24, 2.45) is 5.92 Å². The van der Waals surface area contributed by atoms with Gasteiger partial charge in [0, 0.05) is 32.2 Å². The molecule has 0 aromatic heterocycles. The van der Waals surface area contributed by atoms with Crippen LogP contribution < -0.4 is 10.1 Å². The number of phenols is 1. The second kappa shape index (κ2) is 8.82. The van der Waals surface area contributed by atoms with Crippen molar-refractivity contribution in [3.63, 3.8) is 0 Å². The zero-order valence-electron chi connectivity index (χ0n) is 13.0. The predicted octanol–water partition coefficient (Wildman–Crippen LogP) is 2.99. The summed E-state index contributed by atoms with van der Waals surface area (Å²) in [5.41, 5.74) is 1.28. The lowest BCUT2D eigenvalue weighted by Crippen LogP contribution is -2.47. The molecule has 4 nitrogen and oxygen atoms in total. The van der Waals surface area contributed by atoms with Crippen molar-refractivity contribution in [1.82, 2.24) is 10.2 Å². The predicted molar refractivity (Wildman–Crippen MR) is 93.7 cm³/mol. The first-order valence-corrected chi connectivity index (χ1v) is 7.61. The van der Waals surface area contributed by atoms with Gasteiger partial charge >= 0.3 is 0 Å². The molecule has 126 valence electrons. The summed E-state index contributed by atoms with van der Waals surface area (Å²) in [5, 5.41) is 13.2. The molecule has 22 heavy (non-hydrogen) atoms. The molecule has 6 heteroatoms. The van der Waals surface area contributed by atoms with E-state index >= 15 is 0 Å². The van der Waals surface area contributed by atoms with Crippen molar-refractivity contribution in [3.05, 3.63) is 23.8 Å². The van der Waals surface area contributed by atoms with E-state index in [-0.39, 0.29) is 30.6 Å². The summed E-state index contributed by atoms with van der Waals surface area (Å²) in [7, 11) is 1.61. The van der Waals surface area contributed by atoms with E-state index in [2.05, 4.69) is 16.3 Å². The number of benzene rings is 1. The number of nitrogens with one attached hydrogen (secondary N) is 1. The van der Waals surface area contributed by atoms with Crippen molar-refractivity contribution in [3.8, 4) is 11.5 Å². The molecule has 1 saturated heterocycles. The molecule has 0 spiro atoms. The van der Waals surface area contributed by atoms with Gasteiger partial charge in [0.15, 0.2) is 11.5 Å². The highest BCUT2D eigenvalue weighted by molar-refractivity contribution is 5.85. The summed E-state index contributed by atoms with van der Waals surface area (Å²) in [6.45, 7) is 4.34. The number of rotatable bonds is 4. The average Bonchev–Trinajstić information content (AvgIpc) is 2.44. The number of hydrogen-bond acceptors (Lipinski definition) is 4. The second-order valence-corrected chi connectivity index (χ2v) is 5.85. The molecule has 2 N–H and O–H groups in total. The van der Waals surface area contributed by atoms with Gasteiger partial charge < -0.3 is 15.2 Å². The Labute approximate surface area is 145 Å². The zero-order chi connectivity index (χ0) is 13.9. The molecule has 0 radical (unpaired) electrons. The zero-order valence-corrected chi connectivity index (χ0v) is 14.6. The van der Waals surface area contributed by atoms with Crippen LogP contribution in [0.4, 0.5) is 0 Å². The van der Waals surface area contributed by atoms with Crippen LogP contribution in [0.25, 0.3) is 0 Å². The van der Waals surface area contributed by atoms with Crippen LogP contribution in [0.5, 0.6) is 11.5 Å². The standard InChI is InChI=1S/C16H24N2O2.2ClH/c1-20-15-11-13(5-6-14(15)19)16(12-3-2-4-12)18-9-7-17-8-10-18;;/h5-6,11-12,16-17,19H,2-4,7-10H2,1H3;2*1H/t16-;;/m1../s1. The van der Waals surface area contributed by atoms with Crippen molar-refractivity contribution in [1.29, 1.82) is 0 Å². The van der Waals surface area contributed by atoms with Crippen LogP contribution in [0.15, 0.2) is 18.2 Å². The third-order valence-corrected chi connectivity index (χ3v) is 4.69. The Morgan fingerprint density at radius 3 is 2.45 bits per heavy atom. The van der Waals surface area contributed by atoms with Gasteiger partial charge in [-0.2, -0.15) is 0 Å². The first kappa shape index (κ1) is 19.4. The summed E-state index contributed by atoms with van der Waals surface area (Å²) in [5.74, 6) is 1.56. The third-order valence-electron chi connectivity index (χ3n) is 4.69. The number of hydrogen-bond donors (Lipinski definition) is 2. The minimum absolute atomic E-state index is 0. The van der Waals surface area contributed by atoms with E-state index in [0.717, 1.165) is 32.1 Å². The summed E-state index contributed by atoms with van der Waals surface area (Å²) in [4.78, 5) is 2.59. The monoisotopic (exact) mass is 348 g/mol. The number of nitrogens with zero attached hydrogens (tertiary/aromatic N) is 1. The van der Waals surface area contributed by atoms with E-state index in [9.17, 15) is 5.11 Å². The average molecular weight is 349 g/mol. The highest BCUT2D eigenvalue weighted by Crippen LogP contribution is 2.43. The van der Waals surface area contributed by atoms with Crippen LogP contribution in [0.3, 0.4) is 0 Å². The van der Waals surface area contributed by atoms with E-state index in [1.165, 1.54) is 24.8 Å². The van der Waals surface area contributed by atoms with Crippen molar-refractivity contribution in [2.45, 2.75) is 25.3 Å². The highest BCUT2D eigenvalue weighted by Gasteiger charge is 2.33. The molecule has 1 saturated carbocycles. The Bertz CT molecular complexity index is 463. The van der Waals surface area contributed by atoms with Crippen molar-refractivity contribution < 1.29 is 9.84 Å². The van der Waals surface area contributed by atoms with Crippen LogP contribution in [0.2, 0.25) is 0 Å². The number of halogens is 2.